The minimum absolute atomic E-state index is 0.297. The van der Waals surface area contributed by atoms with Gasteiger partial charge >= 0.3 is 0 Å². The van der Waals surface area contributed by atoms with Crippen molar-refractivity contribution in [2.45, 2.75) is 18.4 Å². The average Bonchev–Trinajstić information content (AvgIpc) is 2.89. The molecule has 1 saturated carbocycles. The SMILES string of the molecule is Nc1cc(-c2cccc(C3(O)CC3)c2)no1. The van der Waals surface area contributed by atoms with Crippen molar-refractivity contribution in [3.63, 3.8) is 0 Å². The molecule has 2 aromatic rings. The van der Waals surface area contributed by atoms with Crippen LogP contribution in [0, 0.1) is 0 Å². The maximum absolute atomic E-state index is 10.0. The Morgan fingerprint density at radius 1 is 1.31 bits per heavy atom. The maximum atomic E-state index is 10.0. The topological polar surface area (TPSA) is 72.3 Å². The third kappa shape index (κ3) is 1.47. The zero-order valence-electron chi connectivity index (χ0n) is 8.68. The normalized spacial score (nSPS) is 17.3. The summed E-state index contributed by atoms with van der Waals surface area (Å²) in [4.78, 5) is 0. The van der Waals surface area contributed by atoms with Gasteiger partial charge in [-0.3, -0.25) is 0 Å². The van der Waals surface area contributed by atoms with Crippen LogP contribution in [0.5, 0.6) is 0 Å². The molecule has 4 heteroatoms. The Labute approximate surface area is 92.7 Å². The number of benzene rings is 1. The van der Waals surface area contributed by atoms with Crippen LogP contribution >= 0.6 is 0 Å². The zero-order chi connectivity index (χ0) is 11.2. The predicted molar refractivity (Wildman–Crippen MR) is 59.5 cm³/mol. The van der Waals surface area contributed by atoms with Gasteiger partial charge in [0.2, 0.25) is 5.88 Å². The second-order valence-electron chi connectivity index (χ2n) is 4.23. The van der Waals surface area contributed by atoms with Gasteiger partial charge in [0.25, 0.3) is 0 Å². The van der Waals surface area contributed by atoms with Gasteiger partial charge in [-0.2, -0.15) is 0 Å². The summed E-state index contributed by atoms with van der Waals surface area (Å²) in [5.41, 5.74) is 7.40. The van der Waals surface area contributed by atoms with Gasteiger partial charge < -0.3 is 15.4 Å². The second kappa shape index (κ2) is 3.09. The van der Waals surface area contributed by atoms with Gasteiger partial charge in [0, 0.05) is 11.6 Å². The van der Waals surface area contributed by atoms with Crippen LogP contribution in [0.15, 0.2) is 34.9 Å². The fourth-order valence-electron chi connectivity index (χ4n) is 1.80. The lowest BCUT2D eigenvalue weighted by Gasteiger charge is -2.08. The van der Waals surface area contributed by atoms with E-state index in [2.05, 4.69) is 5.16 Å². The van der Waals surface area contributed by atoms with Crippen LogP contribution in [0.3, 0.4) is 0 Å². The molecule has 1 aliphatic carbocycles. The molecule has 4 nitrogen and oxygen atoms in total. The highest BCUT2D eigenvalue weighted by Crippen LogP contribution is 2.45. The molecule has 3 rings (SSSR count). The predicted octanol–water partition coefficient (Wildman–Crippen LogP) is 1.91. The summed E-state index contributed by atoms with van der Waals surface area (Å²) >= 11 is 0. The molecular formula is C12H12N2O2. The van der Waals surface area contributed by atoms with Crippen LogP contribution in [-0.2, 0) is 5.60 Å². The Morgan fingerprint density at radius 3 is 2.75 bits per heavy atom. The van der Waals surface area contributed by atoms with Gasteiger partial charge in [0.15, 0.2) is 0 Å². The summed E-state index contributed by atoms with van der Waals surface area (Å²) in [7, 11) is 0. The van der Waals surface area contributed by atoms with Crippen LogP contribution < -0.4 is 5.73 Å². The van der Waals surface area contributed by atoms with Crippen molar-refractivity contribution >= 4 is 5.88 Å². The molecular weight excluding hydrogens is 204 g/mol. The van der Waals surface area contributed by atoms with Gasteiger partial charge in [-0.05, 0) is 24.5 Å². The molecule has 0 radical (unpaired) electrons. The fraction of sp³-hybridized carbons (Fsp3) is 0.250. The summed E-state index contributed by atoms with van der Waals surface area (Å²) in [6.45, 7) is 0. The van der Waals surface area contributed by atoms with Crippen LogP contribution in [0.2, 0.25) is 0 Å². The van der Waals surface area contributed by atoms with Crippen LogP contribution in [0.1, 0.15) is 18.4 Å². The van der Waals surface area contributed by atoms with Gasteiger partial charge in [0.1, 0.15) is 5.69 Å². The molecule has 0 unspecified atom stereocenters. The molecule has 82 valence electrons. The van der Waals surface area contributed by atoms with Crippen molar-refractivity contribution < 1.29 is 9.63 Å². The number of hydrogen-bond acceptors (Lipinski definition) is 4. The smallest absolute Gasteiger partial charge is 0.222 e. The molecule has 0 spiro atoms. The number of aliphatic hydroxyl groups is 1. The number of aromatic nitrogens is 1. The highest BCUT2D eigenvalue weighted by atomic mass is 16.5. The van der Waals surface area contributed by atoms with Crippen LogP contribution in [0.25, 0.3) is 11.3 Å². The molecule has 1 aliphatic rings. The first-order valence-electron chi connectivity index (χ1n) is 5.23. The molecule has 0 aliphatic heterocycles. The summed E-state index contributed by atoms with van der Waals surface area (Å²) in [6.07, 6.45) is 1.66. The molecule has 1 heterocycles. The first-order valence-corrected chi connectivity index (χ1v) is 5.23. The van der Waals surface area contributed by atoms with Crippen molar-refractivity contribution in [3.8, 4) is 11.3 Å². The fourth-order valence-corrected chi connectivity index (χ4v) is 1.80. The summed E-state index contributed by atoms with van der Waals surface area (Å²) in [6, 6.07) is 9.37. The van der Waals surface area contributed by atoms with E-state index in [0.717, 1.165) is 24.0 Å². The van der Waals surface area contributed by atoms with Crippen molar-refractivity contribution in [1.82, 2.24) is 5.16 Å². The lowest BCUT2D eigenvalue weighted by atomic mass is 10.0. The Balaban J connectivity index is 2.02. The summed E-state index contributed by atoms with van der Waals surface area (Å²) < 4.78 is 4.83. The quantitative estimate of drug-likeness (QED) is 0.804. The first-order chi connectivity index (χ1) is 7.67. The minimum Gasteiger partial charge on any atom is -0.385 e. The van der Waals surface area contributed by atoms with Crippen molar-refractivity contribution in [3.05, 3.63) is 35.9 Å². The monoisotopic (exact) mass is 216 g/mol. The third-order valence-electron chi connectivity index (χ3n) is 2.95. The Kier molecular flexibility index (Phi) is 1.82. The van der Waals surface area contributed by atoms with Crippen molar-refractivity contribution in [1.29, 1.82) is 0 Å². The third-order valence-corrected chi connectivity index (χ3v) is 2.95. The van der Waals surface area contributed by atoms with E-state index in [1.165, 1.54) is 0 Å². The molecule has 0 amide bonds. The largest absolute Gasteiger partial charge is 0.385 e. The summed E-state index contributed by atoms with van der Waals surface area (Å²) in [5, 5.41) is 13.9. The lowest BCUT2D eigenvalue weighted by molar-refractivity contribution is 0.151. The summed E-state index contributed by atoms with van der Waals surface area (Å²) in [5.74, 6) is 0.297. The van der Waals surface area contributed by atoms with E-state index in [4.69, 9.17) is 10.3 Å². The molecule has 16 heavy (non-hydrogen) atoms. The molecule has 0 atom stereocenters. The number of hydrogen-bond donors (Lipinski definition) is 2. The van der Waals surface area contributed by atoms with E-state index in [1.807, 2.05) is 24.3 Å². The Hall–Kier alpha value is -1.81. The van der Waals surface area contributed by atoms with E-state index >= 15 is 0 Å². The number of anilines is 1. The zero-order valence-corrected chi connectivity index (χ0v) is 8.68. The maximum Gasteiger partial charge on any atom is 0.222 e. The molecule has 3 N–H and O–H groups in total. The lowest BCUT2D eigenvalue weighted by Crippen LogP contribution is -2.03. The van der Waals surface area contributed by atoms with Gasteiger partial charge in [-0.15, -0.1) is 0 Å². The van der Waals surface area contributed by atoms with Gasteiger partial charge in [-0.25, -0.2) is 0 Å². The van der Waals surface area contributed by atoms with Crippen molar-refractivity contribution in [2.24, 2.45) is 0 Å². The molecule has 1 fully saturated rings. The number of nitrogen functional groups attached to an aromatic ring is 1. The Bertz CT molecular complexity index is 529. The van der Waals surface area contributed by atoms with Crippen LogP contribution in [-0.4, -0.2) is 10.3 Å². The van der Waals surface area contributed by atoms with Crippen molar-refractivity contribution in [2.75, 3.05) is 5.73 Å². The standard InChI is InChI=1S/C12H12N2O2/c13-11-7-10(14-16-11)8-2-1-3-9(6-8)12(15)4-5-12/h1-3,6-7,15H,4-5,13H2. The highest BCUT2D eigenvalue weighted by molar-refractivity contribution is 5.62. The number of nitrogens with two attached hydrogens (primary N) is 1. The molecule has 0 saturated heterocycles. The van der Waals surface area contributed by atoms with E-state index in [-0.39, 0.29) is 0 Å². The molecule has 1 aromatic heterocycles. The van der Waals surface area contributed by atoms with E-state index in [9.17, 15) is 5.11 Å². The second-order valence-corrected chi connectivity index (χ2v) is 4.23. The minimum atomic E-state index is -0.620. The Morgan fingerprint density at radius 2 is 2.12 bits per heavy atom. The van der Waals surface area contributed by atoms with Crippen LogP contribution in [0.4, 0.5) is 5.88 Å². The molecule has 0 bridgehead atoms. The molecule has 1 aromatic carbocycles. The van der Waals surface area contributed by atoms with E-state index in [1.54, 1.807) is 6.07 Å². The highest BCUT2D eigenvalue weighted by Gasteiger charge is 2.42. The van der Waals surface area contributed by atoms with E-state index < -0.39 is 5.60 Å². The number of rotatable bonds is 2. The number of nitrogens with zero attached hydrogens (tertiary/aromatic N) is 1. The first kappa shape index (κ1) is 9.42. The van der Waals surface area contributed by atoms with E-state index in [0.29, 0.717) is 11.6 Å². The van der Waals surface area contributed by atoms with Gasteiger partial charge in [-0.1, -0.05) is 23.4 Å². The van der Waals surface area contributed by atoms with Gasteiger partial charge in [0.05, 0.1) is 5.60 Å². The average molecular weight is 216 g/mol.